The summed E-state index contributed by atoms with van der Waals surface area (Å²) in [6, 6.07) is 0. The molecule has 0 amide bonds. The summed E-state index contributed by atoms with van der Waals surface area (Å²) in [6.45, 7) is 3.12. The van der Waals surface area contributed by atoms with Gasteiger partial charge in [-0.2, -0.15) is 0 Å². The van der Waals surface area contributed by atoms with Crippen LogP contribution in [0.4, 0.5) is 11.6 Å². The molecule has 84 valence electrons. The van der Waals surface area contributed by atoms with Crippen LogP contribution in [0.2, 0.25) is 0 Å². The molecule has 3 heterocycles. The van der Waals surface area contributed by atoms with Gasteiger partial charge in [-0.3, -0.25) is 0 Å². The zero-order chi connectivity index (χ0) is 11.0. The van der Waals surface area contributed by atoms with Gasteiger partial charge in [0, 0.05) is 25.5 Å². The monoisotopic (exact) mass is 219 g/mol. The number of fused-ring (bicyclic) bond motifs is 1. The first-order chi connectivity index (χ1) is 7.84. The van der Waals surface area contributed by atoms with Crippen LogP contribution in [0, 0.1) is 0 Å². The van der Waals surface area contributed by atoms with Gasteiger partial charge in [0.2, 0.25) is 0 Å². The lowest BCUT2D eigenvalue weighted by Gasteiger charge is -2.27. The van der Waals surface area contributed by atoms with E-state index in [1.54, 1.807) is 12.4 Å². The summed E-state index contributed by atoms with van der Waals surface area (Å²) in [5.74, 6) is 1.35. The summed E-state index contributed by atoms with van der Waals surface area (Å²) in [5, 5.41) is 0. The van der Waals surface area contributed by atoms with Crippen LogP contribution in [-0.2, 0) is 4.74 Å². The van der Waals surface area contributed by atoms with Crippen molar-refractivity contribution in [1.82, 2.24) is 14.4 Å². The average Bonchev–Trinajstić information content (AvgIpc) is 2.77. The lowest BCUT2D eigenvalue weighted by Crippen LogP contribution is -2.37. The van der Waals surface area contributed by atoms with Gasteiger partial charge in [0.05, 0.1) is 19.4 Å². The van der Waals surface area contributed by atoms with Gasteiger partial charge in [0.1, 0.15) is 5.82 Å². The first-order valence-electron chi connectivity index (χ1n) is 5.26. The highest BCUT2D eigenvalue weighted by Gasteiger charge is 2.16. The number of aromatic nitrogens is 3. The predicted molar refractivity (Wildman–Crippen MR) is 60.4 cm³/mol. The van der Waals surface area contributed by atoms with Gasteiger partial charge in [0.15, 0.2) is 11.5 Å². The van der Waals surface area contributed by atoms with E-state index in [4.69, 9.17) is 10.5 Å². The third kappa shape index (κ3) is 1.47. The smallest absolute Gasteiger partial charge is 0.180 e. The maximum Gasteiger partial charge on any atom is 0.180 e. The van der Waals surface area contributed by atoms with E-state index in [1.165, 1.54) is 0 Å². The first-order valence-corrected chi connectivity index (χ1v) is 5.26. The van der Waals surface area contributed by atoms with Crippen molar-refractivity contribution in [2.75, 3.05) is 36.9 Å². The van der Waals surface area contributed by atoms with E-state index in [1.807, 2.05) is 10.6 Å². The fourth-order valence-corrected chi connectivity index (χ4v) is 1.92. The Morgan fingerprint density at radius 2 is 2.12 bits per heavy atom. The van der Waals surface area contributed by atoms with Crippen molar-refractivity contribution >= 4 is 17.3 Å². The van der Waals surface area contributed by atoms with Gasteiger partial charge in [-0.1, -0.05) is 0 Å². The second-order valence-corrected chi connectivity index (χ2v) is 3.75. The number of rotatable bonds is 1. The van der Waals surface area contributed by atoms with Crippen LogP contribution in [0.25, 0.3) is 5.65 Å². The zero-order valence-corrected chi connectivity index (χ0v) is 8.83. The van der Waals surface area contributed by atoms with Crippen molar-refractivity contribution in [3.63, 3.8) is 0 Å². The quantitative estimate of drug-likeness (QED) is 0.739. The summed E-state index contributed by atoms with van der Waals surface area (Å²) < 4.78 is 7.21. The fraction of sp³-hybridized carbons (Fsp3) is 0.400. The highest BCUT2D eigenvalue weighted by molar-refractivity contribution is 5.66. The second-order valence-electron chi connectivity index (χ2n) is 3.75. The van der Waals surface area contributed by atoms with Gasteiger partial charge in [-0.05, 0) is 0 Å². The minimum atomic E-state index is 0.506. The standard InChI is InChI=1S/C10H13N5O/c11-8-7-15-2-1-12-9(15)10(13-8)14-3-5-16-6-4-14/h1-2,7H,3-6,11H2. The average molecular weight is 219 g/mol. The molecule has 2 N–H and O–H groups in total. The van der Waals surface area contributed by atoms with Crippen LogP contribution in [0.5, 0.6) is 0 Å². The number of hydrogen-bond acceptors (Lipinski definition) is 5. The van der Waals surface area contributed by atoms with Crippen LogP contribution < -0.4 is 10.6 Å². The highest BCUT2D eigenvalue weighted by atomic mass is 16.5. The van der Waals surface area contributed by atoms with E-state index < -0.39 is 0 Å². The van der Waals surface area contributed by atoms with E-state index in [0.717, 1.165) is 37.8 Å². The van der Waals surface area contributed by atoms with Crippen molar-refractivity contribution in [1.29, 1.82) is 0 Å². The van der Waals surface area contributed by atoms with E-state index in [9.17, 15) is 0 Å². The van der Waals surface area contributed by atoms with Crippen LogP contribution in [0.1, 0.15) is 0 Å². The molecule has 2 aromatic rings. The molecule has 1 saturated heterocycles. The van der Waals surface area contributed by atoms with Crippen LogP contribution in [0.15, 0.2) is 18.6 Å². The molecule has 0 aliphatic carbocycles. The number of hydrogen-bond donors (Lipinski definition) is 1. The Hall–Kier alpha value is -1.82. The maximum absolute atomic E-state index is 5.77. The fourth-order valence-electron chi connectivity index (χ4n) is 1.92. The van der Waals surface area contributed by atoms with Gasteiger partial charge in [-0.15, -0.1) is 0 Å². The molecule has 1 fully saturated rings. The van der Waals surface area contributed by atoms with Gasteiger partial charge < -0.3 is 19.8 Å². The molecule has 16 heavy (non-hydrogen) atoms. The SMILES string of the molecule is Nc1cn2ccnc2c(N2CCOCC2)n1. The molecular weight excluding hydrogens is 206 g/mol. The van der Waals surface area contributed by atoms with Crippen molar-refractivity contribution in [3.05, 3.63) is 18.6 Å². The van der Waals surface area contributed by atoms with Crippen molar-refractivity contribution in [3.8, 4) is 0 Å². The molecule has 0 atom stereocenters. The van der Waals surface area contributed by atoms with Crippen LogP contribution in [-0.4, -0.2) is 40.7 Å². The maximum atomic E-state index is 5.77. The van der Waals surface area contributed by atoms with Crippen LogP contribution in [0.3, 0.4) is 0 Å². The molecule has 0 unspecified atom stereocenters. The molecular formula is C10H13N5O. The third-order valence-corrected chi connectivity index (χ3v) is 2.69. The number of anilines is 2. The lowest BCUT2D eigenvalue weighted by molar-refractivity contribution is 0.122. The summed E-state index contributed by atoms with van der Waals surface area (Å²) in [5.41, 5.74) is 6.62. The summed E-state index contributed by atoms with van der Waals surface area (Å²) in [6.07, 6.45) is 5.39. The number of nitrogen functional groups attached to an aromatic ring is 1. The van der Waals surface area contributed by atoms with Crippen LogP contribution >= 0.6 is 0 Å². The van der Waals surface area contributed by atoms with Crippen molar-refractivity contribution < 1.29 is 4.74 Å². The van der Waals surface area contributed by atoms with E-state index in [0.29, 0.717) is 5.82 Å². The molecule has 0 saturated carbocycles. The molecule has 0 aromatic carbocycles. The Morgan fingerprint density at radius 3 is 2.94 bits per heavy atom. The minimum Gasteiger partial charge on any atom is -0.382 e. The van der Waals surface area contributed by atoms with Gasteiger partial charge in [0.25, 0.3) is 0 Å². The first kappa shape index (κ1) is 9.41. The Bertz CT molecular complexity index is 503. The second kappa shape index (κ2) is 3.64. The lowest BCUT2D eigenvalue weighted by atomic mass is 10.4. The van der Waals surface area contributed by atoms with Gasteiger partial charge in [-0.25, -0.2) is 9.97 Å². The summed E-state index contributed by atoms with van der Waals surface area (Å²) in [4.78, 5) is 10.8. The number of nitrogens with two attached hydrogens (primary N) is 1. The Labute approximate surface area is 92.7 Å². The normalized spacial score (nSPS) is 16.9. The molecule has 2 aromatic heterocycles. The molecule has 3 rings (SSSR count). The topological polar surface area (TPSA) is 68.7 Å². The molecule has 6 nitrogen and oxygen atoms in total. The summed E-state index contributed by atoms with van der Waals surface area (Å²) >= 11 is 0. The number of nitrogens with zero attached hydrogens (tertiary/aromatic N) is 4. The Balaban J connectivity index is 2.09. The molecule has 0 bridgehead atoms. The minimum absolute atomic E-state index is 0.506. The Morgan fingerprint density at radius 1 is 1.31 bits per heavy atom. The molecule has 0 spiro atoms. The molecule has 6 heteroatoms. The van der Waals surface area contributed by atoms with E-state index in [2.05, 4.69) is 14.9 Å². The molecule has 1 aliphatic heterocycles. The molecule has 1 aliphatic rings. The van der Waals surface area contributed by atoms with Gasteiger partial charge >= 0.3 is 0 Å². The Kier molecular flexibility index (Phi) is 2.14. The summed E-state index contributed by atoms with van der Waals surface area (Å²) in [7, 11) is 0. The van der Waals surface area contributed by atoms with E-state index in [-0.39, 0.29) is 0 Å². The van der Waals surface area contributed by atoms with Crippen molar-refractivity contribution in [2.45, 2.75) is 0 Å². The number of morpholine rings is 1. The largest absolute Gasteiger partial charge is 0.382 e. The van der Waals surface area contributed by atoms with E-state index >= 15 is 0 Å². The third-order valence-electron chi connectivity index (χ3n) is 2.69. The number of imidazole rings is 1. The van der Waals surface area contributed by atoms with Crippen molar-refractivity contribution in [2.24, 2.45) is 0 Å². The number of ether oxygens (including phenoxy) is 1. The molecule has 0 radical (unpaired) electrons. The predicted octanol–water partition coefficient (Wildman–Crippen LogP) is 0.148. The highest BCUT2D eigenvalue weighted by Crippen LogP contribution is 2.20. The zero-order valence-electron chi connectivity index (χ0n) is 8.83.